The number of ketones is 1. The quantitative estimate of drug-likeness (QED) is 0.490. The van der Waals surface area contributed by atoms with Gasteiger partial charge in [0.2, 0.25) is 0 Å². The van der Waals surface area contributed by atoms with Crippen LogP contribution in [0.5, 0.6) is 0 Å². The maximum Gasteiger partial charge on any atom is 0.192 e. The van der Waals surface area contributed by atoms with Crippen LogP contribution in [0.3, 0.4) is 0 Å². The van der Waals surface area contributed by atoms with Crippen molar-refractivity contribution in [2.24, 2.45) is 28.6 Å². The summed E-state index contributed by atoms with van der Waals surface area (Å²) < 4.78 is 20.2. The zero-order valence-corrected chi connectivity index (χ0v) is 24.0. The first-order chi connectivity index (χ1) is 15.5. The molecule has 6 heteroatoms. The molecule has 0 bridgehead atoms. The van der Waals surface area contributed by atoms with Gasteiger partial charge in [0.1, 0.15) is 17.5 Å². The lowest BCUT2D eigenvalue weighted by Crippen LogP contribution is -2.72. The Morgan fingerprint density at radius 3 is 2.32 bits per heavy atom. The highest BCUT2D eigenvalue weighted by atomic mass is 28.4. The van der Waals surface area contributed by atoms with Crippen molar-refractivity contribution in [3.8, 4) is 0 Å². The van der Waals surface area contributed by atoms with Crippen molar-refractivity contribution in [1.29, 1.82) is 0 Å². The van der Waals surface area contributed by atoms with Crippen LogP contribution in [0.4, 0.5) is 0 Å². The molecule has 0 aromatic carbocycles. The van der Waals surface area contributed by atoms with Crippen molar-refractivity contribution in [2.75, 3.05) is 0 Å². The fraction of sp³-hybridized carbons (Fsp3) is 0.964. The molecule has 5 nitrogen and oxygen atoms in total. The highest BCUT2D eigenvalue weighted by molar-refractivity contribution is 6.74. The SMILES string of the molecule is CC1(C)O[C@@H]2C3C4CC[C@H](O[Si](C)(C)C(C)(C)C)[C@@]4(C)CCC3[C@@]3(C)CCC(=O)CC3(O)[C@H]2O1. The van der Waals surface area contributed by atoms with Crippen LogP contribution >= 0.6 is 0 Å². The van der Waals surface area contributed by atoms with Crippen molar-refractivity contribution in [1.82, 2.24) is 0 Å². The molecule has 1 aliphatic heterocycles. The van der Waals surface area contributed by atoms with Crippen LogP contribution in [0.2, 0.25) is 18.1 Å². The molecule has 34 heavy (non-hydrogen) atoms. The van der Waals surface area contributed by atoms with Crippen molar-refractivity contribution in [3.63, 3.8) is 0 Å². The number of hydrogen-bond donors (Lipinski definition) is 1. The van der Waals surface area contributed by atoms with Gasteiger partial charge in [0, 0.05) is 18.3 Å². The van der Waals surface area contributed by atoms with E-state index in [0.717, 1.165) is 32.1 Å². The van der Waals surface area contributed by atoms with Gasteiger partial charge in [-0.25, -0.2) is 0 Å². The molecule has 4 saturated carbocycles. The zero-order chi connectivity index (χ0) is 25.1. The first-order valence-electron chi connectivity index (χ1n) is 13.7. The number of carbonyl (C=O) groups is 1. The molecule has 1 saturated heterocycles. The summed E-state index contributed by atoms with van der Waals surface area (Å²) in [6, 6.07) is 0. The van der Waals surface area contributed by atoms with Crippen molar-refractivity contribution < 1.29 is 23.8 Å². The van der Waals surface area contributed by atoms with Crippen molar-refractivity contribution in [2.45, 2.75) is 141 Å². The highest BCUT2D eigenvalue weighted by Gasteiger charge is 2.74. The molecule has 4 unspecified atom stereocenters. The number of fused-ring (bicyclic) bond motifs is 8. The molecular weight excluding hydrogens is 444 g/mol. The average molecular weight is 493 g/mol. The Balaban J connectivity index is 1.53. The number of aliphatic hydroxyl groups is 1. The predicted molar refractivity (Wildman–Crippen MR) is 135 cm³/mol. The number of carbonyl (C=O) groups excluding carboxylic acids is 1. The van der Waals surface area contributed by atoms with Gasteiger partial charge in [-0.3, -0.25) is 4.79 Å². The topological polar surface area (TPSA) is 65.0 Å². The molecule has 0 aromatic rings. The van der Waals surface area contributed by atoms with E-state index in [0.29, 0.717) is 24.2 Å². The van der Waals surface area contributed by atoms with Gasteiger partial charge >= 0.3 is 0 Å². The largest absolute Gasteiger partial charge is 0.413 e. The summed E-state index contributed by atoms with van der Waals surface area (Å²) in [4.78, 5) is 12.6. The first kappa shape index (κ1) is 25.4. The van der Waals surface area contributed by atoms with Gasteiger partial charge < -0.3 is 19.0 Å². The molecule has 5 fully saturated rings. The minimum absolute atomic E-state index is 0.119. The number of ether oxygens (including phenoxy) is 2. The second-order valence-electron chi connectivity index (χ2n) is 14.9. The van der Waals surface area contributed by atoms with E-state index in [2.05, 4.69) is 47.7 Å². The number of rotatable bonds is 2. The monoisotopic (exact) mass is 492 g/mol. The van der Waals surface area contributed by atoms with Crippen LogP contribution in [-0.4, -0.2) is 48.9 Å². The van der Waals surface area contributed by atoms with Crippen LogP contribution in [0.15, 0.2) is 0 Å². The van der Waals surface area contributed by atoms with E-state index in [9.17, 15) is 9.90 Å². The van der Waals surface area contributed by atoms with E-state index in [1.165, 1.54) is 0 Å². The normalized spacial score (nSPS) is 50.4. The molecule has 5 rings (SSSR count). The Morgan fingerprint density at radius 2 is 1.68 bits per heavy atom. The van der Waals surface area contributed by atoms with E-state index in [1.54, 1.807) is 0 Å². The van der Waals surface area contributed by atoms with Crippen LogP contribution < -0.4 is 0 Å². The van der Waals surface area contributed by atoms with Crippen LogP contribution in [0.25, 0.3) is 0 Å². The Kier molecular flexibility index (Phi) is 5.52. The van der Waals surface area contributed by atoms with Gasteiger partial charge in [-0.2, -0.15) is 0 Å². The maximum absolute atomic E-state index is 12.6. The van der Waals surface area contributed by atoms with E-state index >= 15 is 0 Å². The van der Waals surface area contributed by atoms with Gasteiger partial charge in [-0.1, -0.05) is 34.6 Å². The van der Waals surface area contributed by atoms with Gasteiger partial charge in [0.05, 0.1) is 12.2 Å². The molecule has 0 aromatic heterocycles. The summed E-state index contributed by atoms with van der Waals surface area (Å²) in [6.07, 6.45) is 5.65. The first-order valence-corrected chi connectivity index (χ1v) is 16.6. The zero-order valence-electron chi connectivity index (χ0n) is 23.0. The maximum atomic E-state index is 12.6. The van der Waals surface area contributed by atoms with Crippen molar-refractivity contribution in [3.05, 3.63) is 0 Å². The minimum atomic E-state index is -1.88. The molecule has 0 amide bonds. The Hall–Kier alpha value is -0.273. The molecule has 5 aliphatic rings. The molecule has 4 aliphatic carbocycles. The molecule has 9 atom stereocenters. The summed E-state index contributed by atoms with van der Waals surface area (Å²) in [5, 5.41) is 12.4. The van der Waals surface area contributed by atoms with Gasteiger partial charge in [0.25, 0.3) is 0 Å². The van der Waals surface area contributed by atoms with E-state index in [4.69, 9.17) is 13.9 Å². The van der Waals surface area contributed by atoms with Gasteiger partial charge in [-0.15, -0.1) is 0 Å². The Labute approximate surface area is 207 Å². The van der Waals surface area contributed by atoms with Crippen molar-refractivity contribution >= 4 is 14.1 Å². The van der Waals surface area contributed by atoms with Crippen LogP contribution in [-0.2, 0) is 18.7 Å². The van der Waals surface area contributed by atoms with Crippen LogP contribution in [0, 0.1) is 28.6 Å². The third-order valence-electron chi connectivity index (χ3n) is 11.7. The van der Waals surface area contributed by atoms with Gasteiger partial charge in [-0.05, 0) is 87.3 Å². The fourth-order valence-electron chi connectivity index (χ4n) is 8.65. The number of Topliss-reactive ketones (excluding diaryl/α,β-unsaturated/α-hetero) is 1. The molecule has 0 radical (unpaired) electrons. The minimum Gasteiger partial charge on any atom is -0.413 e. The standard InChI is InChI=1S/C28H48O5Si/c1-24(2,3)34(8,9)33-20-11-10-18-21-19(13-14-26(18,20)6)27(7)15-12-17(29)16-28(27,30)23-22(21)31-25(4,5)32-23/h18-23,30H,10-16H2,1-9H3/t18?,19?,20-,21?,22+,23-,26-,27+,28?/m0/s1. The third kappa shape index (κ3) is 3.34. The van der Waals surface area contributed by atoms with E-state index in [1.807, 2.05) is 13.8 Å². The summed E-state index contributed by atoms with van der Waals surface area (Å²) >= 11 is 0. The lowest BCUT2D eigenvalue weighted by Gasteiger charge is -2.65. The summed E-state index contributed by atoms with van der Waals surface area (Å²) in [5.41, 5.74) is -1.35. The Morgan fingerprint density at radius 1 is 1.00 bits per heavy atom. The highest BCUT2D eigenvalue weighted by Crippen LogP contribution is 2.69. The van der Waals surface area contributed by atoms with Crippen LogP contribution in [0.1, 0.15) is 93.4 Å². The van der Waals surface area contributed by atoms with Gasteiger partial charge in [0.15, 0.2) is 14.1 Å². The lowest BCUT2D eigenvalue weighted by molar-refractivity contribution is -0.260. The second-order valence-corrected chi connectivity index (χ2v) is 19.6. The van der Waals surface area contributed by atoms with E-state index in [-0.39, 0.29) is 40.3 Å². The summed E-state index contributed by atoms with van der Waals surface area (Å²) in [7, 11) is -1.88. The summed E-state index contributed by atoms with van der Waals surface area (Å²) in [6.45, 7) is 20.4. The predicted octanol–water partition coefficient (Wildman–Crippen LogP) is 5.84. The third-order valence-corrected chi connectivity index (χ3v) is 16.2. The molecule has 1 heterocycles. The molecule has 194 valence electrons. The Bertz CT molecular complexity index is 863. The molecule has 0 spiro atoms. The number of hydrogen-bond acceptors (Lipinski definition) is 5. The fourth-order valence-corrected chi connectivity index (χ4v) is 10.1. The average Bonchev–Trinajstić information content (AvgIpc) is 3.19. The smallest absolute Gasteiger partial charge is 0.192 e. The second kappa shape index (κ2) is 7.40. The van der Waals surface area contributed by atoms with E-state index < -0.39 is 25.8 Å². The summed E-state index contributed by atoms with van der Waals surface area (Å²) in [5.74, 6) is 0.580. The molecule has 1 N–H and O–H groups in total. The molecular formula is C28H48O5Si. The lowest BCUT2D eigenvalue weighted by atomic mass is 9.42.